The first-order chi connectivity index (χ1) is 65.1. The van der Waals surface area contributed by atoms with Gasteiger partial charge < -0.3 is 130 Å². The summed E-state index contributed by atoms with van der Waals surface area (Å²) in [5, 5.41) is 68.9. The van der Waals surface area contributed by atoms with Gasteiger partial charge in [0.2, 0.25) is 35.4 Å². The van der Waals surface area contributed by atoms with Crippen molar-refractivity contribution in [2.45, 2.75) is 168 Å². The van der Waals surface area contributed by atoms with Gasteiger partial charge >= 0.3 is 36.1 Å². The summed E-state index contributed by atoms with van der Waals surface area (Å²) in [6.07, 6.45) is 1.23. The van der Waals surface area contributed by atoms with Crippen LogP contribution in [0.1, 0.15) is 188 Å². The number of phenols is 4. The van der Waals surface area contributed by atoms with E-state index < -0.39 is 101 Å². The maximum Gasteiger partial charge on any atom is 0.408 e. The molecule has 0 radical (unpaired) electrons. The number of phenolic OH excluding ortho intramolecular Hbond substituents is 4. The van der Waals surface area contributed by atoms with Gasteiger partial charge in [0, 0.05) is 157 Å². The van der Waals surface area contributed by atoms with Gasteiger partial charge in [0.15, 0.2) is 11.2 Å². The number of imide groups is 1. The van der Waals surface area contributed by atoms with Gasteiger partial charge in [-0.15, -0.1) is 5.06 Å². The molecule has 0 bridgehead atoms. The van der Waals surface area contributed by atoms with E-state index >= 15 is 0 Å². The predicted octanol–water partition coefficient (Wildman–Crippen LogP) is 7.34. The first kappa shape index (κ1) is 110. The van der Waals surface area contributed by atoms with Crippen molar-refractivity contribution in [1.82, 2.24) is 47.6 Å². The van der Waals surface area contributed by atoms with Gasteiger partial charge in [0.1, 0.15) is 81.6 Å². The van der Waals surface area contributed by atoms with E-state index in [1.54, 1.807) is 90.1 Å². The summed E-state index contributed by atoms with van der Waals surface area (Å²) in [6, 6.07) is 31.0. The number of carbonyl (C=O) groups excluding carboxylic acids is 14. The zero-order valence-electron chi connectivity index (χ0n) is 78.1. The van der Waals surface area contributed by atoms with E-state index in [0.717, 1.165) is 19.8 Å². The smallest absolute Gasteiger partial charge is 0.408 e. The van der Waals surface area contributed by atoms with Gasteiger partial charge in [-0.25, -0.2) is 24.0 Å². The third-order valence-electron chi connectivity index (χ3n) is 19.6. The van der Waals surface area contributed by atoms with Crippen molar-refractivity contribution in [3.63, 3.8) is 0 Å². The number of nitrogens with zero attached hydrogens (tertiary/aromatic N) is 1. The molecule has 5 heterocycles. The monoisotopic (exact) mass is 1920 g/mol. The van der Waals surface area contributed by atoms with Gasteiger partial charge in [-0.3, -0.25) is 47.9 Å². The Labute approximate surface area is 790 Å². The van der Waals surface area contributed by atoms with Gasteiger partial charge in [-0.05, 0) is 148 Å². The molecule has 1 saturated heterocycles. The summed E-state index contributed by atoms with van der Waals surface area (Å²) in [6.45, 7) is 22.1. The number of Topliss-reactive ketones (excluding diaryl/α,β-unsaturated/α-hetero) is 1. The highest BCUT2D eigenvalue weighted by molar-refractivity contribution is 6.02. The highest BCUT2D eigenvalue weighted by Gasteiger charge is 2.55. The van der Waals surface area contributed by atoms with Crippen molar-refractivity contribution in [2.24, 2.45) is 0 Å². The number of hydrogen-bond acceptors (Lipinski definition) is 32. The van der Waals surface area contributed by atoms with Crippen LogP contribution < -0.4 is 52.0 Å². The summed E-state index contributed by atoms with van der Waals surface area (Å²) in [4.78, 5) is 178. The van der Waals surface area contributed by atoms with Crippen molar-refractivity contribution in [3.05, 3.63) is 166 Å². The van der Waals surface area contributed by atoms with Crippen LogP contribution in [0.3, 0.4) is 0 Å². The Morgan fingerprint density at radius 1 is 0.401 bits per heavy atom. The average Bonchev–Trinajstić information content (AvgIpc) is 1.57. The number of fused-ring (bicyclic) bond motifs is 12. The number of aliphatic carboxylic acids is 1. The standard InChI is InChI=1S/C25H46N4O9.C24H44N4O10.2C20H12O5.C6H7NO4/c1-19(30)18-28-23(33)21(29-24(34)38-25(3,4)5)8-9-22(32)27-11-7-13-36-15-17-37-16-14-35-12-6-10-26-20(2)31;1-18(29)25-9-5-11-35-13-15-37-16-14-36-12-6-10-26-20(30)8-7-19(22(33)27-17-21(31)32)28-23(34)38-24(2,3)4;2*21-11-5-7-15-17(9-11)24-18-10-12(22)6-8-16(18)20(15)14-4-2-1-3-13(14)19(23)25-20;1-4(8)11-7-5(9)2-3-6(7)10/h21H,6-18H2,1-5H3,(H,26,31)(H,27,32)(H,28,33)(H,29,34);19H,5-17H2,1-4H3,(H,25,29)(H,26,30)(H,27,33)(H,28,34)(H,31,32);2*1-10,21-22H;2-3H2,1H3/t21-;19-;;;/m00.../s1. The van der Waals surface area contributed by atoms with Crippen molar-refractivity contribution in [2.75, 3.05) is 119 Å². The number of ether oxygens (including phenoxy) is 12. The number of ketones is 1. The molecule has 137 heavy (non-hydrogen) atoms. The third-order valence-corrected chi connectivity index (χ3v) is 19.6. The Balaban J connectivity index is 0.000000242. The van der Waals surface area contributed by atoms with Crippen molar-refractivity contribution >= 4 is 89.1 Å². The fourth-order valence-corrected chi connectivity index (χ4v) is 13.6. The number of carbonyl (C=O) groups is 15. The van der Waals surface area contributed by atoms with Crippen LogP contribution in [0.4, 0.5) is 9.59 Å². The fraction of sp³-hybridized carbons (Fsp3) is 0.463. The molecule has 42 nitrogen and oxygen atoms in total. The third kappa shape index (κ3) is 35.9. The zero-order valence-corrected chi connectivity index (χ0v) is 78.1. The van der Waals surface area contributed by atoms with Crippen LogP contribution in [0.25, 0.3) is 0 Å². The van der Waals surface area contributed by atoms with Crippen molar-refractivity contribution in [3.8, 4) is 46.0 Å². The molecule has 744 valence electrons. The lowest BCUT2D eigenvalue weighted by Gasteiger charge is -2.36. The first-order valence-electron chi connectivity index (χ1n) is 44.2. The topological polar surface area (TPSA) is 577 Å². The summed E-state index contributed by atoms with van der Waals surface area (Å²) in [7, 11) is 0. The number of esters is 2. The van der Waals surface area contributed by atoms with E-state index in [4.69, 9.17) is 61.9 Å². The number of nitrogens with one attached hydrogen (secondary N) is 8. The molecule has 2 spiro atoms. The van der Waals surface area contributed by atoms with Crippen LogP contribution in [-0.4, -0.2) is 262 Å². The van der Waals surface area contributed by atoms with E-state index in [9.17, 15) is 92.3 Å². The Bertz CT molecular complexity index is 4780. The highest BCUT2D eigenvalue weighted by atomic mass is 16.7. The number of rotatable bonds is 43. The highest BCUT2D eigenvalue weighted by Crippen LogP contribution is 2.59. The number of carboxylic acids is 1. The number of hydrogen-bond donors (Lipinski definition) is 13. The minimum absolute atomic E-state index is 0.00202. The fourth-order valence-electron chi connectivity index (χ4n) is 13.6. The quantitative estimate of drug-likeness (QED) is 0.00770. The van der Waals surface area contributed by atoms with E-state index in [1.807, 2.05) is 24.3 Å². The number of carboxylic acid groups (broad SMARTS) is 1. The van der Waals surface area contributed by atoms with E-state index in [0.29, 0.717) is 191 Å². The average molecular weight is 1920 g/mol. The lowest BCUT2D eigenvalue weighted by Crippen LogP contribution is -2.49. The number of aromatic hydroxyl groups is 4. The number of benzene rings is 6. The van der Waals surface area contributed by atoms with Gasteiger partial charge in [0.25, 0.3) is 11.8 Å². The zero-order chi connectivity index (χ0) is 100. The normalized spacial score (nSPS) is 13.7. The summed E-state index contributed by atoms with van der Waals surface area (Å²) >= 11 is 0. The molecule has 13 N–H and O–H groups in total. The second-order valence-corrected chi connectivity index (χ2v) is 33.1. The van der Waals surface area contributed by atoms with E-state index in [1.165, 1.54) is 69.3 Å². The van der Waals surface area contributed by atoms with Crippen LogP contribution in [0.2, 0.25) is 0 Å². The lowest BCUT2D eigenvalue weighted by molar-refractivity contribution is -0.195. The molecule has 6 aromatic carbocycles. The second kappa shape index (κ2) is 54.5. The number of alkyl carbamates (subject to hydrolysis) is 2. The largest absolute Gasteiger partial charge is 0.508 e. The maximum absolute atomic E-state index is 12.5. The molecule has 11 rings (SSSR count). The molecular formula is C95H121N9O33. The summed E-state index contributed by atoms with van der Waals surface area (Å²) < 4.78 is 66.3. The minimum Gasteiger partial charge on any atom is -0.508 e. The lowest BCUT2D eigenvalue weighted by atomic mass is 9.77. The predicted molar refractivity (Wildman–Crippen MR) is 485 cm³/mol. The van der Waals surface area contributed by atoms with Gasteiger partial charge in [0.05, 0.1) is 70.5 Å². The SMILES string of the molecule is CC(=O)CNC(=O)[C@H](CCC(=O)NCCCOCCOCCOCCCNC(C)=O)NC(=O)OC(C)(C)C.CC(=O)NCCCOCCOCCOCCCNC(=O)CC[C@H](NC(=O)OC(C)(C)C)C(=O)NCC(=O)O.CC(=O)ON1C(=O)CCC1=O.O=C1OC2(c3ccc(O)cc3Oc3cc(O)ccc32)c2ccccc21.O=C1OC2(c3ccc(O)cc3Oc3cc(O)ccc32)c2ccccc21. The molecule has 1 fully saturated rings. The van der Waals surface area contributed by atoms with E-state index in [2.05, 4.69) is 47.4 Å². The van der Waals surface area contributed by atoms with Crippen LogP contribution >= 0.6 is 0 Å². The molecule has 5 aliphatic heterocycles. The number of amides is 10. The Kier molecular flexibility index (Phi) is 43.7. The van der Waals surface area contributed by atoms with Gasteiger partial charge in [-0.1, -0.05) is 36.4 Å². The molecule has 42 heteroatoms. The number of hydroxylamine groups is 2. The van der Waals surface area contributed by atoms with Gasteiger partial charge in [-0.2, -0.15) is 0 Å². The molecule has 2 atom stereocenters. The van der Waals surface area contributed by atoms with Crippen molar-refractivity contribution < 1.29 is 159 Å². The second-order valence-electron chi connectivity index (χ2n) is 33.1. The van der Waals surface area contributed by atoms with Crippen LogP contribution in [0, 0.1) is 0 Å². The minimum atomic E-state index is -1.23. The molecule has 0 saturated carbocycles. The summed E-state index contributed by atoms with van der Waals surface area (Å²) in [5.74, 6) is -4.23. The molecule has 10 amide bonds. The Morgan fingerprint density at radius 2 is 0.708 bits per heavy atom. The molecular weight excluding hydrogens is 1800 g/mol. The molecule has 6 aromatic rings. The summed E-state index contributed by atoms with van der Waals surface area (Å²) in [5.41, 5.74) is 1.03. The van der Waals surface area contributed by atoms with Crippen molar-refractivity contribution in [1.29, 1.82) is 0 Å². The van der Waals surface area contributed by atoms with Crippen LogP contribution in [0.15, 0.2) is 121 Å². The van der Waals surface area contributed by atoms with Crippen LogP contribution in [0.5, 0.6) is 46.0 Å². The molecule has 0 aromatic heterocycles. The Morgan fingerprint density at radius 3 is 1.01 bits per heavy atom. The van der Waals surface area contributed by atoms with E-state index in [-0.39, 0.29) is 97.5 Å². The molecule has 5 aliphatic rings. The molecule has 0 unspecified atom stereocenters. The maximum atomic E-state index is 12.5. The van der Waals surface area contributed by atoms with Crippen LogP contribution in [-0.2, 0) is 116 Å². The molecule has 0 aliphatic carbocycles. The Hall–Kier alpha value is -14.1. The first-order valence-corrected chi connectivity index (χ1v) is 44.2.